The highest BCUT2D eigenvalue weighted by Crippen LogP contribution is 2.35. The van der Waals surface area contributed by atoms with E-state index in [0.717, 1.165) is 17.7 Å². The highest BCUT2D eigenvalue weighted by molar-refractivity contribution is 5.93. The molecule has 4 nitrogen and oxygen atoms in total. The van der Waals surface area contributed by atoms with E-state index in [4.69, 9.17) is 5.21 Å². The average molecular weight is 330 g/mol. The van der Waals surface area contributed by atoms with Crippen LogP contribution >= 0.6 is 0 Å². The number of carbonyl (C=O) groups is 1. The number of para-hydroxylation sites is 1. The number of amides is 1. The molecular formula is C21H18N2O2. The zero-order valence-electron chi connectivity index (χ0n) is 13.6. The third-order valence-electron chi connectivity index (χ3n) is 4.67. The number of hydrogen-bond acceptors (Lipinski definition) is 3. The van der Waals surface area contributed by atoms with Gasteiger partial charge in [0.05, 0.1) is 6.04 Å². The highest BCUT2D eigenvalue weighted by Gasteiger charge is 2.22. The molecule has 0 bridgehead atoms. The Labute approximate surface area is 146 Å². The van der Waals surface area contributed by atoms with Crippen molar-refractivity contribution in [3.8, 4) is 0 Å². The molecule has 1 atom stereocenters. The fourth-order valence-corrected chi connectivity index (χ4v) is 3.38. The standard InChI is InChI=1S/C21H18N2O2/c24-21(23-25)15-11-9-14(10-12-15)20-18-7-3-1-5-16(18)13-17-6-2-4-8-19(17)22-20/h1-12,20,22,25H,13H2,(H,23,24). The minimum absolute atomic E-state index is 0.00564. The van der Waals surface area contributed by atoms with Crippen molar-refractivity contribution in [3.63, 3.8) is 0 Å². The molecule has 0 aromatic heterocycles. The third kappa shape index (κ3) is 2.88. The number of rotatable bonds is 2. The van der Waals surface area contributed by atoms with E-state index in [9.17, 15) is 4.79 Å². The lowest BCUT2D eigenvalue weighted by molar-refractivity contribution is 0.0706. The number of fused-ring (bicyclic) bond motifs is 2. The number of anilines is 1. The van der Waals surface area contributed by atoms with Crippen molar-refractivity contribution in [2.24, 2.45) is 0 Å². The smallest absolute Gasteiger partial charge is 0.274 e. The van der Waals surface area contributed by atoms with Crippen LogP contribution in [0.5, 0.6) is 0 Å². The minimum atomic E-state index is -0.508. The van der Waals surface area contributed by atoms with Crippen LogP contribution in [0.2, 0.25) is 0 Å². The summed E-state index contributed by atoms with van der Waals surface area (Å²) in [7, 11) is 0. The summed E-state index contributed by atoms with van der Waals surface area (Å²) >= 11 is 0. The van der Waals surface area contributed by atoms with Crippen LogP contribution in [0.1, 0.15) is 38.7 Å². The van der Waals surface area contributed by atoms with Crippen LogP contribution in [0, 0.1) is 0 Å². The van der Waals surface area contributed by atoms with E-state index in [0.29, 0.717) is 5.56 Å². The fraction of sp³-hybridized carbons (Fsp3) is 0.0952. The summed E-state index contributed by atoms with van der Waals surface area (Å²) in [5.41, 5.74) is 8.08. The van der Waals surface area contributed by atoms with E-state index in [1.165, 1.54) is 16.7 Å². The predicted octanol–water partition coefficient (Wildman–Crippen LogP) is 3.91. The Morgan fingerprint density at radius 1 is 0.920 bits per heavy atom. The molecule has 0 saturated carbocycles. The number of carbonyl (C=O) groups excluding carboxylic acids is 1. The van der Waals surface area contributed by atoms with Gasteiger partial charge in [0, 0.05) is 11.3 Å². The van der Waals surface area contributed by atoms with Gasteiger partial charge in [0.25, 0.3) is 5.91 Å². The lowest BCUT2D eigenvalue weighted by atomic mass is 9.93. The van der Waals surface area contributed by atoms with Gasteiger partial charge in [-0.2, -0.15) is 0 Å². The maximum absolute atomic E-state index is 11.5. The Hall–Kier alpha value is -3.11. The maximum Gasteiger partial charge on any atom is 0.274 e. The van der Waals surface area contributed by atoms with E-state index in [2.05, 4.69) is 47.8 Å². The lowest BCUT2D eigenvalue weighted by Gasteiger charge is -2.21. The maximum atomic E-state index is 11.5. The molecule has 1 aliphatic heterocycles. The Balaban J connectivity index is 1.79. The van der Waals surface area contributed by atoms with Gasteiger partial charge < -0.3 is 5.32 Å². The second kappa shape index (κ2) is 6.42. The monoisotopic (exact) mass is 330 g/mol. The van der Waals surface area contributed by atoms with Crippen molar-refractivity contribution in [2.75, 3.05) is 5.32 Å². The molecule has 0 spiro atoms. The van der Waals surface area contributed by atoms with Crippen molar-refractivity contribution < 1.29 is 10.0 Å². The van der Waals surface area contributed by atoms with Gasteiger partial charge in [-0.3, -0.25) is 10.0 Å². The van der Waals surface area contributed by atoms with E-state index in [1.807, 2.05) is 18.2 Å². The van der Waals surface area contributed by atoms with Gasteiger partial charge in [0.1, 0.15) is 0 Å². The molecule has 0 fully saturated rings. The molecule has 4 heteroatoms. The highest BCUT2D eigenvalue weighted by atomic mass is 16.5. The molecule has 1 amide bonds. The molecule has 25 heavy (non-hydrogen) atoms. The zero-order chi connectivity index (χ0) is 17.2. The second-order valence-corrected chi connectivity index (χ2v) is 6.17. The summed E-state index contributed by atoms with van der Waals surface area (Å²) in [5.74, 6) is -0.508. The molecule has 3 aromatic rings. The molecular weight excluding hydrogens is 312 g/mol. The molecule has 1 unspecified atom stereocenters. The first-order chi connectivity index (χ1) is 12.3. The first-order valence-electron chi connectivity index (χ1n) is 8.23. The summed E-state index contributed by atoms with van der Waals surface area (Å²) in [5, 5.41) is 12.4. The van der Waals surface area contributed by atoms with E-state index in [-0.39, 0.29) is 6.04 Å². The molecule has 0 aliphatic carbocycles. The van der Waals surface area contributed by atoms with Gasteiger partial charge in [0.2, 0.25) is 0 Å². The summed E-state index contributed by atoms with van der Waals surface area (Å²) in [6.07, 6.45) is 0.890. The lowest BCUT2D eigenvalue weighted by Crippen LogP contribution is -2.19. The van der Waals surface area contributed by atoms with Crippen molar-refractivity contribution >= 4 is 11.6 Å². The normalized spacial score (nSPS) is 15.3. The summed E-state index contributed by atoms with van der Waals surface area (Å²) in [6, 6.07) is 24.1. The van der Waals surface area contributed by atoms with Gasteiger partial charge in [-0.1, -0.05) is 54.6 Å². The van der Waals surface area contributed by atoms with Crippen LogP contribution in [0.4, 0.5) is 5.69 Å². The topological polar surface area (TPSA) is 61.4 Å². The van der Waals surface area contributed by atoms with Crippen LogP contribution in [-0.4, -0.2) is 11.1 Å². The van der Waals surface area contributed by atoms with Gasteiger partial charge in [0.15, 0.2) is 0 Å². The van der Waals surface area contributed by atoms with Crippen molar-refractivity contribution in [1.29, 1.82) is 0 Å². The molecule has 1 heterocycles. The number of hydroxylamine groups is 1. The van der Waals surface area contributed by atoms with E-state index < -0.39 is 5.91 Å². The van der Waals surface area contributed by atoms with E-state index >= 15 is 0 Å². The summed E-state index contributed by atoms with van der Waals surface area (Å²) in [4.78, 5) is 11.5. The largest absolute Gasteiger partial charge is 0.374 e. The van der Waals surface area contributed by atoms with Gasteiger partial charge in [-0.05, 0) is 46.9 Å². The van der Waals surface area contributed by atoms with Crippen LogP contribution < -0.4 is 10.8 Å². The van der Waals surface area contributed by atoms with Crippen LogP contribution in [0.15, 0.2) is 72.8 Å². The SMILES string of the molecule is O=C(NO)c1ccc(C2Nc3ccccc3Cc3ccccc32)cc1. The second-order valence-electron chi connectivity index (χ2n) is 6.17. The first-order valence-corrected chi connectivity index (χ1v) is 8.23. The number of hydrogen-bond donors (Lipinski definition) is 3. The van der Waals surface area contributed by atoms with Crippen molar-refractivity contribution in [3.05, 3.63) is 101 Å². The number of benzene rings is 3. The Morgan fingerprint density at radius 2 is 1.60 bits per heavy atom. The molecule has 1 aliphatic rings. The van der Waals surface area contributed by atoms with E-state index in [1.54, 1.807) is 17.6 Å². The molecule has 3 aromatic carbocycles. The third-order valence-corrected chi connectivity index (χ3v) is 4.67. The molecule has 3 N–H and O–H groups in total. The van der Waals surface area contributed by atoms with Crippen molar-refractivity contribution in [1.82, 2.24) is 5.48 Å². The van der Waals surface area contributed by atoms with Gasteiger partial charge in [-0.25, -0.2) is 5.48 Å². The van der Waals surface area contributed by atoms with Crippen molar-refractivity contribution in [2.45, 2.75) is 12.5 Å². The molecule has 124 valence electrons. The summed E-state index contributed by atoms with van der Waals surface area (Å²) in [6.45, 7) is 0. The Kier molecular flexibility index (Phi) is 3.96. The van der Waals surface area contributed by atoms with Crippen LogP contribution in [-0.2, 0) is 6.42 Å². The number of nitrogens with one attached hydrogen (secondary N) is 2. The van der Waals surface area contributed by atoms with Crippen LogP contribution in [0.3, 0.4) is 0 Å². The Morgan fingerprint density at radius 3 is 2.36 bits per heavy atom. The Bertz CT molecular complexity index is 919. The molecule has 0 saturated heterocycles. The van der Waals surface area contributed by atoms with Gasteiger partial charge in [-0.15, -0.1) is 0 Å². The predicted molar refractivity (Wildman–Crippen MR) is 96.9 cm³/mol. The fourth-order valence-electron chi connectivity index (χ4n) is 3.38. The average Bonchev–Trinajstić information content (AvgIpc) is 2.84. The first kappa shape index (κ1) is 15.4. The van der Waals surface area contributed by atoms with Gasteiger partial charge >= 0.3 is 0 Å². The summed E-state index contributed by atoms with van der Waals surface area (Å²) < 4.78 is 0. The minimum Gasteiger partial charge on any atom is -0.374 e. The molecule has 4 rings (SSSR count). The zero-order valence-corrected chi connectivity index (χ0v) is 13.6. The molecule has 0 radical (unpaired) electrons. The van der Waals surface area contributed by atoms with Crippen LogP contribution in [0.25, 0.3) is 0 Å². The quantitative estimate of drug-likeness (QED) is 0.493.